The smallest absolute Gasteiger partial charge is 0.317 e. The van der Waals surface area contributed by atoms with Crippen molar-refractivity contribution in [3.63, 3.8) is 0 Å². The van der Waals surface area contributed by atoms with Crippen LogP contribution in [0.25, 0.3) is 0 Å². The quantitative estimate of drug-likeness (QED) is 0.193. The first-order valence-electron chi connectivity index (χ1n) is 16.3. The maximum absolute atomic E-state index is 13.2. The zero-order valence-corrected chi connectivity index (χ0v) is 26.0. The molecular weight excluding hydrogens is 530 g/mol. The molecule has 2 N–H and O–H groups in total. The number of allylic oxidation sites excluding steroid dienone is 4. The standard InChI is InChI=1S/C34H53N3O5/c1-4-27-21-30-23-29-11-9-10-28(40-29)20-25(2)13-14-26(3)32(42-33(38)24-31(22-27)41-30)12-7-5-6-8-15-36-34(39)37-18-16-35-17-19-37/h4-7,12-14,25-26,28-32,35H,8-11,15-24H2,1-3H3,(H,36,39)/b6-5-,12-7+,14-13+,27-4-. The number of cyclic esters (lactones) is 1. The molecule has 0 spiro atoms. The lowest BCUT2D eigenvalue weighted by molar-refractivity contribution is -0.154. The van der Waals surface area contributed by atoms with E-state index in [1.165, 1.54) is 12.0 Å². The van der Waals surface area contributed by atoms with Gasteiger partial charge in [-0.05, 0) is 63.9 Å². The number of fused-ring (bicyclic) bond motifs is 4. The number of nitrogens with one attached hydrogen (secondary N) is 2. The molecule has 7 unspecified atom stereocenters. The van der Waals surface area contributed by atoms with Gasteiger partial charge in [-0.3, -0.25) is 4.79 Å². The molecule has 4 bridgehead atoms. The van der Waals surface area contributed by atoms with Crippen LogP contribution in [0.5, 0.6) is 0 Å². The van der Waals surface area contributed by atoms with Gasteiger partial charge >= 0.3 is 12.0 Å². The Bertz CT molecular complexity index is 986. The predicted molar refractivity (Wildman–Crippen MR) is 166 cm³/mol. The number of urea groups is 1. The van der Waals surface area contributed by atoms with Gasteiger partial charge in [-0.25, -0.2) is 4.79 Å². The highest BCUT2D eigenvalue weighted by Gasteiger charge is 2.32. The number of esters is 1. The van der Waals surface area contributed by atoms with Gasteiger partial charge in [-0.1, -0.05) is 55.9 Å². The Morgan fingerprint density at radius 3 is 2.52 bits per heavy atom. The summed E-state index contributed by atoms with van der Waals surface area (Å²) in [4.78, 5) is 27.3. The Kier molecular flexibility index (Phi) is 13.2. The molecule has 8 heteroatoms. The Balaban J connectivity index is 1.37. The Morgan fingerprint density at radius 1 is 1.00 bits per heavy atom. The Hall–Kier alpha value is -2.42. The van der Waals surface area contributed by atoms with Gasteiger partial charge in [0.1, 0.15) is 6.10 Å². The fourth-order valence-corrected chi connectivity index (χ4v) is 6.42. The second-order valence-corrected chi connectivity index (χ2v) is 12.5. The van der Waals surface area contributed by atoms with Gasteiger partial charge in [0.2, 0.25) is 0 Å². The van der Waals surface area contributed by atoms with E-state index in [1.54, 1.807) is 0 Å². The minimum Gasteiger partial charge on any atom is -0.457 e. The van der Waals surface area contributed by atoms with Crippen LogP contribution in [0.4, 0.5) is 4.79 Å². The molecule has 0 aromatic heterocycles. The van der Waals surface area contributed by atoms with Gasteiger partial charge in [0, 0.05) is 45.1 Å². The molecule has 4 aliphatic heterocycles. The summed E-state index contributed by atoms with van der Waals surface area (Å²) < 4.78 is 19.1. The molecule has 0 saturated carbocycles. The van der Waals surface area contributed by atoms with E-state index in [4.69, 9.17) is 14.2 Å². The second kappa shape index (κ2) is 17.0. The highest BCUT2D eigenvalue weighted by atomic mass is 16.5. The summed E-state index contributed by atoms with van der Waals surface area (Å²) in [6.45, 7) is 10.2. The largest absolute Gasteiger partial charge is 0.457 e. The van der Waals surface area contributed by atoms with E-state index in [1.807, 2.05) is 29.2 Å². The average Bonchev–Trinajstić information content (AvgIpc) is 2.98. The van der Waals surface area contributed by atoms with E-state index in [2.05, 4.69) is 49.6 Å². The van der Waals surface area contributed by atoms with Gasteiger partial charge in [0.15, 0.2) is 0 Å². The number of carbonyl (C=O) groups is 2. The molecular formula is C34H53N3O5. The van der Waals surface area contributed by atoms with Gasteiger partial charge in [0.25, 0.3) is 0 Å². The van der Waals surface area contributed by atoms with E-state index in [9.17, 15) is 9.59 Å². The van der Waals surface area contributed by atoms with E-state index >= 15 is 0 Å². The fourth-order valence-electron chi connectivity index (χ4n) is 6.42. The third kappa shape index (κ3) is 10.7. The summed E-state index contributed by atoms with van der Waals surface area (Å²) in [5.41, 5.74) is 1.35. The zero-order valence-electron chi connectivity index (χ0n) is 26.0. The SMILES string of the molecule is C/C=C1\CC2CC(=O)OC(/C=C/C=C\CCNC(=O)N3CCNCC3)C(C)/C=C/C(C)CC3CCCC(CC(C1)O2)O3. The first-order valence-corrected chi connectivity index (χ1v) is 16.3. The molecule has 0 aromatic rings. The van der Waals surface area contributed by atoms with E-state index in [0.717, 1.165) is 71.1 Å². The number of rotatable bonds is 5. The summed E-state index contributed by atoms with van der Waals surface area (Å²) in [6, 6.07) is -0.00192. The predicted octanol–water partition coefficient (Wildman–Crippen LogP) is 5.46. The summed E-state index contributed by atoms with van der Waals surface area (Å²) in [6.07, 6.45) is 22.5. The highest BCUT2D eigenvalue weighted by molar-refractivity contribution is 5.74. The average molecular weight is 584 g/mol. The van der Waals surface area contributed by atoms with E-state index in [0.29, 0.717) is 12.5 Å². The first-order chi connectivity index (χ1) is 20.4. The molecule has 4 heterocycles. The van der Waals surface area contributed by atoms with Gasteiger partial charge in [0.05, 0.1) is 30.8 Å². The topological polar surface area (TPSA) is 89.1 Å². The van der Waals surface area contributed by atoms with Crippen molar-refractivity contribution in [2.75, 3.05) is 32.7 Å². The summed E-state index contributed by atoms with van der Waals surface area (Å²) in [7, 11) is 0. The molecule has 4 rings (SSSR count). The molecule has 3 saturated heterocycles. The van der Waals surface area contributed by atoms with E-state index in [-0.39, 0.29) is 54.9 Å². The van der Waals surface area contributed by atoms with Gasteiger partial charge < -0.3 is 29.7 Å². The lowest BCUT2D eigenvalue weighted by atomic mass is 9.90. The van der Waals surface area contributed by atoms with Crippen LogP contribution >= 0.6 is 0 Å². The van der Waals surface area contributed by atoms with Crippen LogP contribution in [0.15, 0.2) is 48.1 Å². The van der Waals surface area contributed by atoms with Crippen LogP contribution in [0.1, 0.15) is 78.6 Å². The molecule has 0 aliphatic carbocycles. The number of hydrogen-bond donors (Lipinski definition) is 2. The van der Waals surface area contributed by atoms with Crippen LogP contribution in [-0.2, 0) is 19.0 Å². The Labute approximate surface area is 253 Å². The van der Waals surface area contributed by atoms with Crippen molar-refractivity contribution >= 4 is 12.0 Å². The van der Waals surface area contributed by atoms with Crippen LogP contribution in [0.3, 0.4) is 0 Å². The van der Waals surface area contributed by atoms with Crippen LogP contribution < -0.4 is 10.6 Å². The number of carbonyl (C=O) groups excluding carboxylic acids is 2. The summed E-state index contributed by atoms with van der Waals surface area (Å²) in [5, 5.41) is 6.24. The van der Waals surface area contributed by atoms with Crippen molar-refractivity contribution in [3.8, 4) is 0 Å². The maximum Gasteiger partial charge on any atom is 0.317 e. The summed E-state index contributed by atoms with van der Waals surface area (Å²) in [5.74, 6) is 0.184. The number of ether oxygens (including phenoxy) is 3. The minimum atomic E-state index is -0.373. The second-order valence-electron chi connectivity index (χ2n) is 12.5. The van der Waals surface area contributed by atoms with Crippen LogP contribution in [0.2, 0.25) is 0 Å². The summed E-state index contributed by atoms with van der Waals surface area (Å²) >= 11 is 0. The molecule has 4 aliphatic rings. The number of hydrogen-bond acceptors (Lipinski definition) is 6. The molecule has 3 fully saturated rings. The molecule has 0 radical (unpaired) electrons. The van der Waals surface area contributed by atoms with Crippen molar-refractivity contribution in [2.24, 2.45) is 11.8 Å². The van der Waals surface area contributed by atoms with Crippen molar-refractivity contribution < 1.29 is 23.8 Å². The molecule has 0 aromatic carbocycles. The molecule has 2 amide bonds. The third-order valence-corrected chi connectivity index (χ3v) is 8.83. The van der Waals surface area contributed by atoms with E-state index < -0.39 is 0 Å². The van der Waals surface area contributed by atoms with Gasteiger partial charge in [-0.2, -0.15) is 0 Å². The fraction of sp³-hybridized carbons (Fsp3) is 0.706. The van der Waals surface area contributed by atoms with Gasteiger partial charge in [-0.15, -0.1) is 0 Å². The lowest BCUT2D eigenvalue weighted by Gasteiger charge is -2.37. The van der Waals surface area contributed by atoms with Crippen molar-refractivity contribution in [2.45, 2.75) is 109 Å². The van der Waals surface area contributed by atoms with Crippen molar-refractivity contribution in [1.82, 2.24) is 15.5 Å². The minimum absolute atomic E-state index is 0.00192. The first kappa shape index (κ1) is 32.5. The highest BCUT2D eigenvalue weighted by Crippen LogP contribution is 2.33. The van der Waals surface area contributed by atoms with Crippen molar-refractivity contribution in [3.05, 3.63) is 48.1 Å². The molecule has 42 heavy (non-hydrogen) atoms. The molecule has 234 valence electrons. The normalized spacial score (nSPS) is 35.3. The number of nitrogens with zero attached hydrogens (tertiary/aromatic N) is 1. The maximum atomic E-state index is 13.2. The molecule has 7 atom stereocenters. The molecule has 8 nitrogen and oxygen atoms in total. The lowest BCUT2D eigenvalue weighted by Crippen LogP contribution is -2.50. The Morgan fingerprint density at radius 2 is 1.74 bits per heavy atom. The van der Waals surface area contributed by atoms with Crippen LogP contribution in [0, 0.1) is 11.8 Å². The zero-order chi connectivity index (χ0) is 29.7. The van der Waals surface area contributed by atoms with Crippen molar-refractivity contribution in [1.29, 1.82) is 0 Å². The number of amides is 2. The van der Waals surface area contributed by atoms with Crippen LogP contribution in [-0.4, -0.2) is 80.1 Å². The third-order valence-electron chi connectivity index (χ3n) is 8.83. The number of piperazine rings is 1. The monoisotopic (exact) mass is 583 g/mol.